The highest BCUT2D eigenvalue weighted by atomic mass is 35.5. The van der Waals surface area contributed by atoms with Gasteiger partial charge in [-0.05, 0) is 0 Å². The summed E-state index contributed by atoms with van der Waals surface area (Å²) in [6.45, 7) is 0.116. The van der Waals surface area contributed by atoms with Gasteiger partial charge in [-0.1, -0.05) is 11.6 Å². The number of ether oxygens (including phenoxy) is 2. The molecule has 0 radical (unpaired) electrons. The highest BCUT2D eigenvalue weighted by Crippen LogP contribution is 2.21. The molecule has 0 aromatic carbocycles. The van der Waals surface area contributed by atoms with Crippen LogP contribution in [0.4, 0.5) is 5.95 Å². The van der Waals surface area contributed by atoms with Crippen LogP contribution in [0.15, 0.2) is 6.33 Å². The van der Waals surface area contributed by atoms with Crippen molar-refractivity contribution in [3.63, 3.8) is 0 Å². The zero-order valence-corrected chi connectivity index (χ0v) is 12.7. The van der Waals surface area contributed by atoms with Gasteiger partial charge < -0.3 is 19.8 Å². The van der Waals surface area contributed by atoms with Crippen molar-refractivity contribution in [3.05, 3.63) is 11.5 Å². The minimum atomic E-state index is -0.746. The second-order valence-corrected chi connectivity index (χ2v) is 4.80. The van der Waals surface area contributed by atoms with E-state index >= 15 is 0 Å². The molecule has 22 heavy (non-hydrogen) atoms. The van der Waals surface area contributed by atoms with Gasteiger partial charge in [0.25, 0.3) is 0 Å². The number of nitrogens with two attached hydrogens (primary N) is 1. The summed E-state index contributed by atoms with van der Waals surface area (Å²) in [4.78, 5) is 35.2. The van der Waals surface area contributed by atoms with E-state index in [9.17, 15) is 9.59 Å². The van der Waals surface area contributed by atoms with E-state index in [-0.39, 0.29) is 24.1 Å². The molecule has 2 heterocycles. The molecular formula is C12H14ClN5O4. The molecule has 1 unspecified atom stereocenters. The predicted octanol–water partition coefficient (Wildman–Crippen LogP) is 0.414. The Morgan fingerprint density at radius 1 is 1.36 bits per heavy atom. The Morgan fingerprint density at radius 3 is 2.73 bits per heavy atom. The number of esters is 2. The normalized spacial score (nSPS) is 12.1. The van der Waals surface area contributed by atoms with Crippen LogP contribution in [0.5, 0.6) is 0 Å². The van der Waals surface area contributed by atoms with Gasteiger partial charge in [0.2, 0.25) is 5.95 Å². The molecule has 0 fully saturated rings. The van der Waals surface area contributed by atoms with Crippen molar-refractivity contribution in [3.8, 4) is 0 Å². The molecule has 9 nitrogen and oxygen atoms in total. The standard InChI is InChI=1S/C12H14ClN5O4/c1-21-7(19)3-6(11(20)22-2)4-18-5-15-8-9(13)16-12(14)17-10(8)18/h5-6H,3-4H2,1-2H3,(H2,14,16,17). The maximum absolute atomic E-state index is 11.8. The molecule has 1 atom stereocenters. The molecule has 0 aliphatic heterocycles. The number of rotatable bonds is 5. The number of carbonyl (C=O) groups excluding carboxylic acids is 2. The third-order valence-electron chi connectivity index (χ3n) is 3.03. The lowest BCUT2D eigenvalue weighted by Gasteiger charge is -2.14. The molecule has 0 saturated heterocycles. The van der Waals surface area contributed by atoms with Crippen molar-refractivity contribution >= 4 is 40.7 Å². The van der Waals surface area contributed by atoms with E-state index < -0.39 is 17.9 Å². The van der Waals surface area contributed by atoms with Crippen LogP contribution in [0.1, 0.15) is 6.42 Å². The Morgan fingerprint density at radius 2 is 2.09 bits per heavy atom. The number of carbonyl (C=O) groups is 2. The van der Waals surface area contributed by atoms with Gasteiger partial charge in [-0.25, -0.2) is 4.98 Å². The topological polar surface area (TPSA) is 122 Å². The van der Waals surface area contributed by atoms with Crippen molar-refractivity contribution in [1.29, 1.82) is 0 Å². The summed E-state index contributed by atoms with van der Waals surface area (Å²) < 4.78 is 10.8. The number of halogens is 1. The van der Waals surface area contributed by atoms with Gasteiger partial charge in [0.15, 0.2) is 10.8 Å². The lowest BCUT2D eigenvalue weighted by Crippen LogP contribution is -2.25. The summed E-state index contributed by atoms with van der Waals surface area (Å²) in [5, 5.41) is 0.115. The van der Waals surface area contributed by atoms with Crippen LogP contribution in [0.25, 0.3) is 11.2 Å². The van der Waals surface area contributed by atoms with Crippen LogP contribution in [0.2, 0.25) is 5.15 Å². The largest absolute Gasteiger partial charge is 0.469 e. The summed E-state index contributed by atoms with van der Waals surface area (Å²) in [5.74, 6) is -1.82. The van der Waals surface area contributed by atoms with Crippen LogP contribution in [-0.2, 0) is 25.6 Å². The first-order chi connectivity index (χ1) is 10.5. The third kappa shape index (κ3) is 3.25. The first-order valence-electron chi connectivity index (χ1n) is 6.24. The van der Waals surface area contributed by atoms with Gasteiger partial charge in [0.05, 0.1) is 32.9 Å². The smallest absolute Gasteiger partial charge is 0.311 e. The Hall–Kier alpha value is -2.42. The molecule has 118 valence electrons. The zero-order valence-electron chi connectivity index (χ0n) is 11.9. The van der Waals surface area contributed by atoms with Crippen molar-refractivity contribution < 1.29 is 19.1 Å². The summed E-state index contributed by atoms with van der Waals surface area (Å²) in [5.41, 5.74) is 6.29. The van der Waals surface area contributed by atoms with E-state index in [1.54, 1.807) is 4.57 Å². The fourth-order valence-electron chi connectivity index (χ4n) is 1.97. The summed E-state index contributed by atoms with van der Waals surface area (Å²) in [6.07, 6.45) is 1.31. The molecule has 0 aliphatic rings. The maximum Gasteiger partial charge on any atom is 0.311 e. The first-order valence-corrected chi connectivity index (χ1v) is 6.62. The highest BCUT2D eigenvalue weighted by molar-refractivity contribution is 6.33. The molecule has 2 aromatic heterocycles. The molecule has 2 aromatic rings. The number of imidazole rings is 1. The lowest BCUT2D eigenvalue weighted by molar-refractivity contribution is -0.152. The molecule has 0 aliphatic carbocycles. The van der Waals surface area contributed by atoms with Crippen molar-refractivity contribution in [1.82, 2.24) is 19.5 Å². The number of methoxy groups -OCH3 is 2. The minimum Gasteiger partial charge on any atom is -0.469 e. The van der Waals surface area contributed by atoms with E-state index in [4.69, 9.17) is 22.1 Å². The Balaban J connectivity index is 2.33. The second-order valence-electron chi connectivity index (χ2n) is 4.44. The molecule has 0 saturated carbocycles. The van der Waals surface area contributed by atoms with Crippen molar-refractivity contribution in [2.24, 2.45) is 5.92 Å². The van der Waals surface area contributed by atoms with Crippen molar-refractivity contribution in [2.45, 2.75) is 13.0 Å². The summed E-state index contributed by atoms with van der Waals surface area (Å²) in [7, 11) is 2.49. The molecule has 0 amide bonds. The fourth-order valence-corrected chi connectivity index (χ4v) is 2.19. The van der Waals surface area contributed by atoms with Gasteiger partial charge in [-0.15, -0.1) is 0 Å². The second kappa shape index (κ2) is 6.56. The number of aromatic nitrogens is 4. The molecule has 2 N–H and O–H groups in total. The predicted molar refractivity (Wildman–Crippen MR) is 76.9 cm³/mol. The van der Waals surface area contributed by atoms with E-state index in [0.717, 1.165) is 0 Å². The number of anilines is 1. The van der Waals surface area contributed by atoms with Gasteiger partial charge in [-0.3, -0.25) is 9.59 Å². The van der Waals surface area contributed by atoms with Gasteiger partial charge in [0.1, 0.15) is 5.52 Å². The molecular weight excluding hydrogens is 314 g/mol. The summed E-state index contributed by atoms with van der Waals surface area (Å²) >= 11 is 5.94. The van der Waals surface area contributed by atoms with Crippen LogP contribution in [0.3, 0.4) is 0 Å². The molecule has 10 heteroatoms. The van der Waals surface area contributed by atoms with Crippen LogP contribution in [-0.4, -0.2) is 45.7 Å². The average Bonchev–Trinajstić information content (AvgIpc) is 2.88. The van der Waals surface area contributed by atoms with E-state index in [1.807, 2.05) is 0 Å². The number of fused-ring (bicyclic) bond motifs is 1. The van der Waals surface area contributed by atoms with E-state index in [2.05, 4.69) is 19.7 Å². The number of nitrogens with zero attached hydrogens (tertiary/aromatic N) is 4. The molecule has 2 rings (SSSR count). The Bertz CT molecular complexity index is 717. The van der Waals surface area contributed by atoms with Gasteiger partial charge in [-0.2, -0.15) is 9.97 Å². The number of hydrogen-bond acceptors (Lipinski definition) is 8. The van der Waals surface area contributed by atoms with Crippen molar-refractivity contribution in [2.75, 3.05) is 20.0 Å². The highest BCUT2D eigenvalue weighted by Gasteiger charge is 2.25. The zero-order chi connectivity index (χ0) is 16.3. The number of hydrogen-bond donors (Lipinski definition) is 1. The monoisotopic (exact) mass is 327 g/mol. The Labute approximate surface area is 130 Å². The fraction of sp³-hybridized carbons (Fsp3) is 0.417. The van der Waals surface area contributed by atoms with Gasteiger partial charge >= 0.3 is 11.9 Å². The van der Waals surface area contributed by atoms with Crippen LogP contribution in [0, 0.1) is 5.92 Å². The first kappa shape index (κ1) is 16.0. The molecule has 0 spiro atoms. The molecule has 0 bridgehead atoms. The number of nitrogen functional groups attached to an aromatic ring is 1. The SMILES string of the molecule is COC(=O)CC(Cn1cnc2c(Cl)nc(N)nc21)C(=O)OC. The minimum absolute atomic E-state index is 0.0122. The third-order valence-corrected chi connectivity index (χ3v) is 3.29. The lowest BCUT2D eigenvalue weighted by atomic mass is 10.1. The van der Waals surface area contributed by atoms with Crippen LogP contribution < -0.4 is 5.73 Å². The average molecular weight is 328 g/mol. The summed E-state index contributed by atoms with van der Waals surface area (Å²) in [6, 6.07) is 0. The Kier molecular flexibility index (Phi) is 4.76. The van der Waals surface area contributed by atoms with Gasteiger partial charge in [0, 0.05) is 6.54 Å². The maximum atomic E-state index is 11.8. The quantitative estimate of drug-likeness (QED) is 0.619. The van der Waals surface area contributed by atoms with Crippen LogP contribution >= 0.6 is 11.6 Å². The van der Waals surface area contributed by atoms with E-state index in [0.29, 0.717) is 11.2 Å². The van der Waals surface area contributed by atoms with E-state index in [1.165, 1.54) is 20.5 Å².